The fourth-order valence-corrected chi connectivity index (χ4v) is 3.27. The van der Waals surface area contributed by atoms with E-state index in [-0.39, 0.29) is 5.91 Å². The largest absolute Gasteiger partial charge is 0.338 e. The highest BCUT2D eigenvalue weighted by Crippen LogP contribution is 2.16. The van der Waals surface area contributed by atoms with Gasteiger partial charge < -0.3 is 10.2 Å². The van der Waals surface area contributed by atoms with Crippen molar-refractivity contribution < 1.29 is 4.79 Å². The molecular weight excluding hydrogens is 296 g/mol. The first-order valence-corrected chi connectivity index (χ1v) is 8.87. The Morgan fingerprint density at radius 1 is 1.00 bits per heavy atom. The minimum absolute atomic E-state index is 0.281. The van der Waals surface area contributed by atoms with E-state index in [1.807, 2.05) is 29.2 Å². The van der Waals surface area contributed by atoms with Gasteiger partial charge in [0.05, 0.1) is 0 Å². The third-order valence-electron chi connectivity index (χ3n) is 4.71. The van der Waals surface area contributed by atoms with Gasteiger partial charge in [0.15, 0.2) is 0 Å². The van der Waals surface area contributed by atoms with Crippen molar-refractivity contribution in [3.8, 4) is 0 Å². The second kappa shape index (κ2) is 8.65. The molecule has 0 aromatic heterocycles. The molecule has 1 unspecified atom stereocenters. The molecule has 1 saturated heterocycles. The van der Waals surface area contributed by atoms with Crippen molar-refractivity contribution >= 4 is 5.91 Å². The molecule has 1 amide bonds. The third kappa shape index (κ3) is 4.93. The molecule has 126 valence electrons. The number of nitrogens with zero attached hydrogens (tertiary/aromatic N) is 1. The number of hydrogen-bond donors (Lipinski definition) is 1. The van der Waals surface area contributed by atoms with Crippen LogP contribution < -0.4 is 5.32 Å². The highest BCUT2D eigenvalue weighted by atomic mass is 16.2. The van der Waals surface area contributed by atoms with Crippen molar-refractivity contribution in [2.45, 2.75) is 25.8 Å². The third-order valence-corrected chi connectivity index (χ3v) is 4.71. The number of carbonyl (C=O) groups is 1. The van der Waals surface area contributed by atoms with Crippen LogP contribution in [0.3, 0.4) is 0 Å². The van der Waals surface area contributed by atoms with Crippen LogP contribution in [-0.2, 0) is 17.8 Å². The molecule has 3 rings (SSSR count). The van der Waals surface area contributed by atoms with Crippen LogP contribution in [0.1, 0.15) is 24.0 Å². The molecule has 1 fully saturated rings. The number of amides is 1. The van der Waals surface area contributed by atoms with Crippen LogP contribution in [-0.4, -0.2) is 30.4 Å². The maximum Gasteiger partial charge on any atom is 0.223 e. The quantitative estimate of drug-likeness (QED) is 0.848. The zero-order chi connectivity index (χ0) is 16.6. The SMILES string of the molecule is O=C(CC1CCNC1)N(CCc1ccccc1)Cc1ccccc1. The first-order chi connectivity index (χ1) is 11.8. The molecule has 3 nitrogen and oxygen atoms in total. The van der Waals surface area contributed by atoms with Crippen LogP contribution in [0.25, 0.3) is 0 Å². The lowest BCUT2D eigenvalue weighted by atomic mass is 10.0. The standard InChI is InChI=1S/C21H26N2O/c24-21(15-20-11-13-22-16-20)23(17-19-9-5-2-6-10-19)14-12-18-7-3-1-4-8-18/h1-10,20,22H,11-17H2. The van der Waals surface area contributed by atoms with E-state index in [0.717, 1.165) is 32.5 Å². The molecule has 1 aliphatic heterocycles. The van der Waals surface area contributed by atoms with Gasteiger partial charge in [-0.25, -0.2) is 0 Å². The molecule has 1 aliphatic rings. The summed E-state index contributed by atoms with van der Waals surface area (Å²) in [4.78, 5) is 14.9. The lowest BCUT2D eigenvalue weighted by Gasteiger charge is -2.24. The number of nitrogens with one attached hydrogen (secondary N) is 1. The minimum Gasteiger partial charge on any atom is -0.338 e. The summed E-state index contributed by atoms with van der Waals surface area (Å²) in [6, 6.07) is 20.7. The monoisotopic (exact) mass is 322 g/mol. The highest BCUT2D eigenvalue weighted by Gasteiger charge is 2.22. The van der Waals surface area contributed by atoms with Gasteiger partial charge in [-0.1, -0.05) is 60.7 Å². The van der Waals surface area contributed by atoms with E-state index in [2.05, 4.69) is 41.7 Å². The van der Waals surface area contributed by atoms with Crippen LogP contribution in [0.5, 0.6) is 0 Å². The summed E-state index contributed by atoms with van der Waals surface area (Å²) in [7, 11) is 0. The zero-order valence-corrected chi connectivity index (χ0v) is 14.2. The van der Waals surface area contributed by atoms with E-state index in [1.165, 1.54) is 11.1 Å². The van der Waals surface area contributed by atoms with Gasteiger partial charge in [0.2, 0.25) is 5.91 Å². The van der Waals surface area contributed by atoms with Crippen LogP contribution in [0.4, 0.5) is 0 Å². The van der Waals surface area contributed by atoms with Crippen LogP contribution in [0.15, 0.2) is 60.7 Å². The van der Waals surface area contributed by atoms with Gasteiger partial charge in [0.1, 0.15) is 0 Å². The molecule has 1 atom stereocenters. The summed E-state index contributed by atoms with van der Waals surface area (Å²) in [5.41, 5.74) is 2.48. The fraction of sp³-hybridized carbons (Fsp3) is 0.381. The maximum atomic E-state index is 12.8. The lowest BCUT2D eigenvalue weighted by Crippen LogP contribution is -2.34. The smallest absolute Gasteiger partial charge is 0.223 e. The van der Waals surface area contributed by atoms with Gasteiger partial charge in [0, 0.05) is 19.5 Å². The van der Waals surface area contributed by atoms with E-state index < -0.39 is 0 Å². The van der Waals surface area contributed by atoms with E-state index in [4.69, 9.17) is 0 Å². The van der Waals surface area contributed by atoms with Gasteiger partial charge in [-0.15, -0.1) is 0 Å². The van der Waals surface area contributed by atoms with Crippen LogP contribution in [0, 0.1) is 5.92 Å². The van der Waals surface area contributed by atoms with E-state index >= 15 is 0 Å². The number of benzene rings is 2. The Hall–Kier alpha value is -2.13. The Kier molecular flexibility index (Phi) is 6.02. The average Bonchev–Trinajstić information content (AvgIpc) is 3.13. The molecule has 0 aliphatic carbocycles. The average molecular weight is 322 g/mol. The van der Waals surface area contributed by atoms with E-state index in [0.29, 0.717) is 18.9 Å². The van der Waals surface area contributed by atoms with Crippen LogP contribution >= 0.6 is 0 Å². The highest BCUT2D eigenvalue weighted by molar-refractivity contribution is 5.76. The second-order valence-electron chi connectivity index (χ2n) is 6.60. The molecule has 0 saturated carbocycles. The van der Waals surface area contributed by atoms with Gasteiger partial charge in [-0.2, -0.15) is 0 Å². The molecule has 0 radical (unpaired) electrons. The molecule has 0 spiro atoms. The Bertz CT molecular complexity index is 621. The summed E-state index contributed by atoms with van der Waals surface area (Å²) < 4.78 is 0. The van der Waals surface area contributed by atoms with Crippen molar-refractivity contribution in [2.75, 3.05) is 19.6 Å². The number of carbonyl (C=O) groups excluding carboxylic acids is 1. The van der Waals surface area contributed by atoms with Crippen molar-refractivity contribution in [3.63, 3.8) is 0 Å². The number of hydrogen-bond acceptors (Lipinski definition) is 2. The fourth-order valence-electron chi connectivity index (χ4n) is 3.27. The Balaban J connectivity index is 1.63. The summed E-state index contributed by atoms with van der Waals surface area (Å²) in [5.74, 6) is 0.774. The predicted molar refractivity (Wildman–Crippen MR) is 97.6 cm³/mol. The number of rotatable bonds is 7. The molecule has 3 heteroatoms. The zero-order valence-electron chi connectivity index (χ0n) is 14.2. The van der Waals surface area contributed by atoms with Crippen molar-refractivity contribution in [1.82, 2.24) is 10.2 Å². The van der Waals surface area contributed by atoms with Crippen molar-refractivity contribution in [2.24, 2.45) is 5.92 Å². The topological polar surface area (TPSA) is 32.3 Å². The van der Waals surface area contributed by atoms with E-state index in [1.54, 1.807) is 0 Å². The predicted octanol–water partition coefficient (Wildman–Crippen LogP) is 3.26. The molecule has 2 aromatic rings. The maximum absolute atomic E-state index is 12.8. The van der Waals surface area contributed by atoms with Gasteiger partial charge in [0.25, 0.3) is 0 Å². The van der Waals surface area contributed by atoms with Gasteiger partial charge >= 0.3 is 0 Å². The molecular formula is C21H26N2O. The Morgan fingerprint density at radius 2 is 1.67 bits per heavy atom. The summed E-state index contributed by atoms with van der Waals surface area (Å²) in [5, 5.41) is 3.35. The second-order valence-corrected chi connectivity index (χ2v) is 6.60. The Labute approximate surface area is 144 Å². The molecule has 2 aromatic carbocycles. The normalized spacial score (nSPS) is 16.9. The summed E-state index contributed by atoms with van der Waals surface area (Å²) in [6.45, 7) is 3.49. The first kappa shape index (κ1) is 16.7. The van der Waals surface area contributed by atoms with Crippen LogP contribution in [0.2, 0.25) is 0 Å². The van der Waals surface area contributed by atoms with Gasteiger partial charge in [-0.05, 0) is 43.0 Å². The van der Waals surface area contributed by atoms with Crippen molar-refractivity contribution in [1.29, 1.82) is 0 Å². The first-order valence-electron chi connectivity index (χ1n) is 8.87. The summed E-state index contributed by atoms with van der Waals surface area (Å²) in [6.07, 6.45) is 2.68. The molecule has 1 N–H and O–H groups in total. The molecule has 24 heavy (non-hydrogen) atoms. The summed E-state index contributed by atoms with van der Waals surface area (Å²) >= 11 is 0. The van der Waals surface area contributed by atoms with E-state index in [9.17, 15) is 4.79 Å². The molecule has 1 heterocycles. The Morgan fingerprint density at radius 3 is 2.29 bits per heavy atom. The lowest BCUT2D eigenvalue weighted by molar-refractivity contribution is -0.132. The minimum atomic E-state index is 0.281. The molecule has 0 bridgehead atoms. The van der Waals surface area contributed by atoms with Crippen molar-refractivity contribution in [3.05, 3.63) is 71.8 Å². The van der Waals surface area contributed by atoms with Gasteiger partial charge in [-0.3, -0.25) is 4.79 Å².